The number of hydrogen-bond donors (Lipinski definition) is 0. The number of rotatable bonds is 1. The second-order valence-electron chi connectivity index (χ2n) is 6.15. The molecular formula is C17H20N2. The summed E-state index contributed by atoms with van der Waals surface area (Å²) in [6.07, 6.45) is 5.34. The van der Waals surface area contributed by atoms with Crippen molar-refractivity contribution in [1.29, 1.82) is 0 Å². The normalized spacial score (nSPS) is 30.9. The molecule has 2 heteroatoms. The van der Waals surface area contributed by atoms with Crippen molar-refractivity contribution in [3.8, 4) is 0 Å². The molecule has 2 atom stereocenters. The lowest BCUT2D eigenvalue weighted by Gasteiger charge is -2.36. The Labute approximate surface area is 114 Å². The van der Waals surface area contributed by atoms with Crippen LogP contribution < -0.4 is 0 Å². The third kappa shape index (κ3) is 1.86. The van der Waals surface area contributed by atoms with Crippen molar-refractivity contribution >= 4 is 10.9 Å². The topological polar surface area (TPSA) is 16.1 Å². The average molecular weight is 252 g/mol. The van der Waals surface area contributed by atoms with Crippen molar-refractivity contribution in [2.45, 2.75) is 43.7 Å². The number of pyridine rings is 1. The summed E-state index contributed by atoms with van der Waals surface area (Å²) in [5.74, 6) is 0.665. The predicted molar refractivity (Wildman–Crippen MR) is 78.3 cm³/mol. The lowest BCUT2D eigenvalue weighted by molar-refractivity contribution is 0.160. The third-order valence-electron chi connectivity index (χ3n) is 5.14. The Bertz CT molecular complexity index is 593. The van der Waals surface area contributed by atoms with Gasteiger partial charge in [0, 0.05) is 29.1 Å². The minimum atomic E-state index is 0.665. The first-order valence-electron chi connectivity index (χ1n) is 7.39. The van der Waals surface area contributed by atoms with Gasteiger partial charge >= 0.3 is 0 Å². The predicted octanol–water partition coefficient (Wildman–Crippen LogP) is 3.58. The quantitative estimate of drug-likeness (QED) is 0.771. The molecule has 2 aliphatic rings. The Kier molecular flexibility index (Phi) is 2.59. The molecule has 0 aliphatic carbocycles. The van der Waals surface area contributed by atoms with Gasteiger partial charge in [-0.1, -0.05) is 24.3 Å². The van der Waals surface area contributed by atoms with Gasteiger partial charge in [0.15, 0.2) is 0 Å². The van der Waals surface area contributed by atoms with E-state index >= 15 is 0 Å². The molecule has 1 aromatic heterocycles. The van der Waals surface area contributed by atoms with E-state index < -0.39 is 0 Å². The SMILES string of the molecule is CN1C2CCC1CC(c1ccc3ccccc3n1)C2. The van der Waals surface area contributed by atoms with Gasteiger partial charge in [0.2, 0.25) is 0 Å². The molecule has 0 saturated carbocycles. The van der Waals surface area contributed by atoms with Gasteiger partial charge in [-0.05, 0) is 44.9 Å². The van der Waals surface area contributed by atoms with Gasteiger partial charge < -0.3 is 4.90 Å². The summed E-state index contributed by atoms with van der Waals surface area (Å²) in [6.45, 7) is 0. The fourth-order valence-corrected chi connectivity index (χ4v) is 3.96. The first-order valence-corrected chi connectivity index (χ1v) is 7.39. The molecule has 0 spiro atoms. The molecule has 2 unspecified atom stereocenters. The molecule has 2 saturated heterocycles. The van der Waals surface area contributed by atoms with Crippen molar-refractivity contribution < 1.29 is 0 Å². The number of piperidine rings is 1. The summed E-state index contributed by atoms with van der Waals surface area (Å²) in [5, 5.41) is 1.25. The van der Waals surface area contributed by atoms with Crippen LogP contribution in [0.4, 0.5) is 0 Å². The van der Waals surface area contributed by atoms with Gasteiger partial charge in [-0.3, -0.25) is 4.98 Å². The number of nitrogens with zero attached hydrogens (tertiary/aromatic N) is 2. The average Bonchev–Trinajstić information content (AvgIpc) is 2.68. The fraction of sp³-hybridized carbons (Fsp3) is 0.471. The molecule has 2 fully saturated rings. The van der Waals surface area contributed by atoms with Crippen molar-refractivity contribution in [2.24, 2.45) is 0 Å². The van der Waals surface area contributed by atoms with Crippen LogP contribution >= 0.6 is 0 Å². The molecule has 4 rings (SSSR count). The first kappa shape index (κ1) is 11.4. The molecule has 0 radical (unpaired) electrons. The summed E-state index contributed by atoms with van der Waals surface area (Å²) in [7, 11) is 2.30. The Morgan fingerprint density at radius 3 is 2.53 bits per heavy atom. The first-order chi connectivity index (χ1) is 9.31. The van der Waals surface area contributed by atoms with Crippen molar-refractivity contribution in [2.75, 3.05) is 7.05 Å². The molecule has 0 amide bonds. The summed E-state index contributed by atoms with van der Waals surface area (Å²) in [4.78, 5) is 7.50. The Balaban J connectivity index is 1.68. The highest BCUT2D eigenvalue weighted by atomic mass is 15.2. The van der Waals surface area contributed by atoms with Gasteiger partial charge in [-0.2, -0.15) is 0 Å². The van der Waals surface area contributed by atoms with Crippen molar-refractivity contribution in [1.82, 2.24) is 9.88 Å². The summed E-state index contributed by atoms with van der Waals surface area (Å²) < 4.78 is 0. The van der Waals surface area contributed by atoms with Gasteiger partial charge in [0.25, 0.3) is 0 Å². The van der Waals surface area contributed by atoms with Crippen LogP contribution in [0.25, 0.3) is 10.9 Å². The maximum atomic E-state index is 4.90. The summed E-state index contributed by atoms with van der Waals surface area (Å²) >= 11 is 0. The minimum absolute atomic E-state index is 0.665. The zero-order valence-corrected chi connectivity index (χ0v) is 11.4. The van der Waals surface area contributed by atoms with Crippen LogP contribution in [0, 0.1) is 0 Å². The van der Waals surface area contributed by atoms with Crippen LogP contribution in [-0.2, 0) is 0 Å². The van der Waals surface area contributed by atoms with E-state index in [1.165, 1.54) is 36.8 Å². The molecule has 2 nitrogen and oxygen atoms in total. The molecule has 2 aromatic rings. The van der Waals surface area contributed by atoms with Gasteiger partial charge in [0.05, 0.1) is 5.52 Å². The maximum Gasteiger partial charge on any atom is 0.0705 e. The Morgan fingerprint density at radius 2 is 1.74 bits per heavy atom. The van der Waals surface area contributed by atoms with Crippen LogP contribution in [0.2, 0.25) is 0 Å². The number of fused-ring (bicyclic) bond motifs is 3. The minimum Gasteiger partial charge on any atom is -0.300 e. The van der Waals surface area contributed by atoms with E-state index in [4.69, 9.17) is 4.98 Å². The molecule has 19 heavy (non-hydrogen) atoms. The third-order valence-corrected chi connectivity index (χ3v) is 5.14. The molecule has 2 aliphatic heterocycles. The molecule has 2 bridgehead atoms. The summed E-state index contributed by atoms with van der Waals surface area (Å²) in [6, 6.07) is 14.5. The van der Waals surface area contributed by atoms with Crippen molar-refractivity contribution in [3.63, 3.8) is 0 Å². The van der Waals surface area contributed by atoms with E-state index in [2.05, 4.69) is 48.3 Å². The monoisotopic (exact) mass is 252 g/mol. The maximum absolute atomic E-state index is 4.90. The van der Waals surface area contributed by atoms with Gasteiger partial charge in [0.1, 0.15) is 0 Å². The largest absolute Gasteiger partial charge is 0.300 e. The highest BCUT2D eigenvalue weighted by molar-refractivity contribution is 5.78. The molecular weight excluding hydrogens is 232 g/mol. The van der Waals surface area contributed by atoms with Gasteiger partial charge in [-0.25, -0.2) is 0 Å². The van der Waals surface area contributed by atoms with Crippen LogP contribution in [0.1, 0.15) is 37.3 Å². The van der Waals surface area contributed by atoms with E-state index in [9.17, 15) is 0 Å². The standard InChI is InChI=1S/C17H20N2/c1-19-14-7-8-15(19)11-13(10-14)17-9-6-12-4-2-3-5-16(12)18-17/h2-6,9,13-15H,7-8,10-11H2,1H3. The summed E-state index contributed by atoms with van der Waals surface area (Å²) in [5.41, 5.74) is 2.45. The lowest BCUT2D eigenvalue weighted by atomic mass is 9.88. The molecule has 3 heterocycles. The van der Waals surface area contributed by atoms with Gasteiger partial charge in [-0.15, -0.1) is 0 Å². The Hall–Kier alpha value is -1.41. The lowest BCUT2D eigenvalue weighted by Crippen LogP contribution is -2.39. The highest BCUT2D eigenvalue weighted by Gasteiger charge is 2.39. The number of aromatic nitrogens is 1. The van der Waals surface area contributed by atoms with E-state index in [0.29, 0.717) is 5.92 Å². The molecule has 1 aromatic carbocycles. The van der Waals surface area contributed by atoms with E-state index in [-0.39, 0.29) is 0 Å². The second-order valence-corrected chi connectivity index (χ2v) is 6.15. The number of hydrogen-bond acceptors (Lipinski definition) is 2. The van der Waals surface area contributed by atoms with E-state index in [1.54, 1.807) is 0 Å². The molecule has 0 N–H and O–H groups in total. The fourth-order valence-electron chi connectivity index (χ4n) is 3.96. The van der Waals surface area contributed by atoms with Crippen LogP contribution in [0.5, 0.6) is 0 Å². The van der Waals surface area contributed by atoms with E-state index in [0.717, 1.165) is 17.6 Å². The zero-order chi connectivity index (χ0) is 12.8. The number of benzene rings is 1. The number of para-hydroxylation sites is 1. The van der Waals surface area contributed by atoms with E-state index in [1.807, 2.05) is 0 Å². The van der Waals surface area contributed by atoms with Crippen LogP contribution in [0.3, 0.4) is 0 Å². The Morgan fingerprint density at radius 1 is 1.00 bits per heavy atom. The van der Waals surface area contributed by atoms with Crippen LogP contribution in [-0.4, -0.2) is 29.0 Å². The second kappa shape index (κ2) is 4.31. The smallest absolute Gasteiger partial charge is 0.0705 e. The van der Waals surface area contributed by atoms with Crippen LogP contribution in [0.15, 0.2) is 36.4 Å². The zero-order valence-electron chi connectivity index (χ0n) is 11.4. The molecule has 98 valence electrons. The highest BCUT2D eigenvalue weighted by Crippen LogP contribution is 2.41. The van der Waals surface area contributed by atoms with Crippen molar-refractivity contribution in [3.05, 3.63) is 42.1 Å².